The number of carbonyl (C=O) groups is 1. The summed E-state index contributed by atoms with van der Waals surface area (Å²) < 4.78 is 8.47. The Morgan fingerprint density at radius 2 is 1.80 bits per heavy atom. The Balaban J connectivity index is 1.35. The minimum absolute atomic E-state index is 0.148. The summed E-state index contributed by atoms with van der Waals surface area (Å²) in [6.45, 7) is 7.35. The average molecular weight is 475 g/mol. The summed E-state index contributed by atoms with van der Waals surface area (Å²) in [4.78, 5) is 20.2. The van der Waals surface area contributed by atoms with Crippen molar-refractivity contribution in [2.45, 2.75) is 77.3 Å². The third-order valence-electron chi connectivity index (χ3n) is 7.76. The van der Waals surface area contributed by atoms with E-state index in [-0.39, 0.29) is 5.91 Å². The topological polar surface area (TPSA) is 63.3 Å². The smallest absolute Gasteiger partial charge is 0.287 e. The van der Waals surface area contributed by atoms with Crippen LogP contribution in [0.25, 0.3) is 22.7 Å². The number of imidazole rings is 1. The summed E-state index contributed by atoms with van der Waals surface area (Å²) in [5, 5.41) is 3.06. The first-order valence-electron chi connectivity index (χ1n) is 13.4. The highest BCUT2D eigenvalue weighted by molar-refractivity contribution is 5.92. The van der Waals surface area contributed by atoms with E-state index in [9.17, 15) is 4.79 Å². The number of nitrogens with zero attached hydrogens (tertiary/aromatic N) is 3. The number of benzene rings is 1. The van der Waals surface area contributed by atoms with Crippen molar-refractivity contribution >= 4 is 5.91 Å². The monoisotopic (exact) mass is 474 g/mol. The highest BCUT2D eigenvalue weighted by Gasteiger charge is 2.25. The Morgan fingerprint density at radius 3 is 2.54 bits per heavy atom. The van der Waals surface area contributed by atoms with Crippen molar-refractivity contribution in [1.82, 2.24) is 19.8 Å². The molecule has 35 heavy (non-hydrogen) atoms. The zero-order chi connectivity index (χ0) is 24.2. The van der Waals surface area contributed by atoms with Gasteiger partial charge in [-0.15, -0.1) is 0 Å². The molecule has 1 aliphatic carbocycles. The molecule has 2 fully saturated rings. The molecule has 5 rings (SSSR count). The fourth-order valence-corrected chi connectivity index (χ4v) is 5.60. The number of rotatable bonds is 8. The Labute approximate surface area is 208 Å². The standard InChI is InChI=1S/C29H38N4O2/c1-21-10-12-23(13-11-21)27-28(33(20-31-27)24-8-4-3-5-9-24)25-14-15-26(35-25)29(34)30-17-16-22(2)32-18-6-7-19-32/h10-15,20,22,24H,3-9,16-19H2,1-2H3,(H,30,34)/t22-/m0/s1. The van der Waals surface area contributed by atoms with Crippen LogP contribution in [0.15, 0.2) is 47.1 Å². The molecule has 0 unspecified atom stereocenters. The first-order valence-corrected chi connectivity index (χ1v) is 13.4. The highest BCUT2D eigenvalue weighted by atomic mass is 16.4. The van der Waals surface area contributed by atoms with E-state index in [1.807, 2.05) is 12.4 Å². The van der Waals surface area contributed by atoms with Crippen LogP contribution in [-0.2, 0) is 0 Å². The molecule has 0 radical (unpaired) electrons. The van der Waals surface area contributed by atoms with E-state index in [0.717, 1.165) is 36.2 Å². The van der Waals surface area contributed by atoms with Gasteiger partial charge in [0.2, 0.25) is 0 Å². The molecule has 0 spiro atoms. The molecule has 1 amide bonds. The molecule has 1 atom stereocenters. The quantitative estimate of drug-likeness (QED) is 0.420. The summed E-state index contributed by atoms with van der Waals surface area (Å²) >= 11 is 0. The normalized spacial score (nSPS) is 18.1. The number of nitrogens with one attached hydrogen (secondary N) is 1. The third-order valence-corrected chi connectivity index (χ3v) is 7.76. The molecule has 2 aliphatic rings. The minimum atomic E-state index is -0.148. The van der Waals surface area contributed by atoms with Crippen molar-refractivity contribution in [3.8, 4) is 22.7 Å². The Morgan fingerprint density at radius 1 is 1.06 bits per heavy atom. The molecule has 6 heteroatoms. The van der Waals surface area contributed by atoms with Gasteiger partial charge in [-0.2, -0.15) is 0 Å². The molecule has 0 bridgehead atoms. The lowest BCUT2D eigenvalue weighted by molar-refractivity contribution is 0.0922. The first-order chi connectivity index (χ1) is 17.1. The van der Waals surface area contributed by atoms with Crippen molar-refractivity contribution in [3.05, 3.63) is 54.0 Å². The number of likely N-dealkylation sites (tertiary alicyclic amines) is 1. The lowest BCUT2D eigenvalue weighted by atomic mass is 9.95. The summed E-state index contributed by atoms with van der Waals surface area (Å²) in [6.07, 6.45) is 11.6. The van der Waals surface area contributed by atoms with Gasteiger partial charge in [0, 0.05) is 24.2 Å². The van der Waals surface area contributed by atoms with Gasteiger partial charge in [0.1, 0.15) is 5.69 Å². The fraction of sp³-hybridized carbons (Fsp3) is 0.517. The van der Waals surface area contributed by atoms with Crippen LogP contribution in [0.1, 0.15) is 80.5 Å². The van der Waals surface area contributed by atoms with Crippen molar-refractivity contribution in [1.29, 1.82) is 0 Å². The minimum Gasteiger partial charge on any atom is -0.449 e. The van der Waals surface area contributed by atoms with Gasteiger partial charge >= 0.3 is 0 Å². The summed E-state index contributed by atoms with van der Waals surface area (Å²) in [7, 11) is 0. The average Bonchev–Trinajstić information content (AvgIpc) is 3.65. The van der Waals surface area contributed by atoms with Crippen LogP contribution in [0.4, 0.5) is 0 Å². The van der Waals surface area contributed by atoms with Crippen LogP contribution in [0, 0.1) is 6.92 Å². The van der Waals surface area contributed by atoms with Crippen molar-refractivity contribution < 1.29 is 9.21 Å². The molecule has 1 saturated carbocycles. The maximum Gasteiger partial charge on any atom is 0.287 e. The summed E-state index contributed by atoms with van der Waals surface area (Å²) in [5.41, 5.74) is 4.18. The molecular weight excluding hydrogens is 436 g/mol. The van der Waals surface area contributed by atoms with E-state index >= 15 is 0 Å². The van der Waals surface area contributed by atoms with Gasteiger partial charge in [-0.1, -0.05) is 49.1 Å². The number of hydrogen-bond donors (Lipinski definition) is 1. The number of carbonyl (C=O) groups excluding carboxylic acids is 1. The second-order valence-electron chi connectivity index (χ2n) is 10.3. The van der Waals surface area contributed by atoms with E-state index in [0.29, 0.717) is 30.1 Å². The van der Waals surface area contributed by atoms with E-state index in [4.69, 9.17) is 9.40 Å². The van der Waals surface area contributed by atoms with Crippen molar-refractivity contribution in [2.75, 3.05) is 19.6 Å². The predicted octanol–water partition coefficient (Wildman–Crippen LogP) is 6.23. The van der Waals surface area contributed by atoms with Gasteiger partial charge in [-0.25, -0.2) is 4.98 Å². The lowest BCUT2D eigenvalue weighted by Crippen LogP contribution is -2.34. The molecule has 1 aromatic carbocycles. The van der Waals surface area contributed by atoms with Crippen LogP contribution >= 0.6 is 0 Å². The Bertz CT molecular complexity index is 1120. The largest absolute Gasteiger partial charge is 0.449 e. The molecule has 1 saturated heterocycles. The number of amides is 1. The van der Waals surface area contributed by atoms with Gasteiger partial charge in [0.15, 0.2) is 11.5 Å². The zero-order valence-corrected chi connectivity index (χ0v) is 21.1. The maximum absolute atomic E-state index is 12.9. The second kappa shape index (κ2) is 10.8. The van der Waals surface area contributed by atoms with Crippen LogP contribution in [0.2, 0.25) is 0 Å². The molecule has 1 N–H and O–H groups in total. The van der Waals surface area contributed by atoms with Crippen LogP contribution in [0.3, 0.4) is 0 Å². The fourth-order valence-electron chi connectivity index (χ4n) is 5.60. The van der Waals surface area contributed by atoms with E-state index < -0.39 is 0 Å². The van der Waals surface area contributed by atoms with E-state index in [1.54, 1.807) is 6.07 Å². The molecular formula is C29H38N4O2. The Hall–Kier alpha value is -2.86. The van der Waals surface area contributed by atoms with Gasteiger partial charge in [-0.3, -0.25) is 4.79 Å². The highest BCUT2D eigenvalue weighted by Crippen LogP contribution is 2.38. The number of aryl methyl sites for hydroxylation is 1. The molecule has 186 valence electrons. The third kappa shape index (κ3) is 5.37. The number of hydrogen-bond acceptors (Lipinski definition) is 4. The second-order valence-corrected chi connectivity index (χ2v) is 10.3. The van der Waals surface area contributed by atoms with Crippen LogP contribution in [0.5, 0.6) is 0 Å². The molecule has 1 aliphatic heterocycles. The molecule has 6 nitrogen and oxygen atoms in total. The molecule has 3 heterocycles. The van der Waals surface area contributed by atoms with Crippen molar-refractivity contribution in [2.24, 2.45) is 0 Å². The van der Waals surface area contributed by atoms with Gasteiger partial charge in [-0.05, 0) is 71.2 Å². The zero-order valence-electron chi connectivity index (χ0n) is 21.1. The summed E-state index contributed by atoms with van der Waals surface area (Å²) in [5.74, 6) is 0.921. The number of aromatic nitrogens is 2. The van der Waals surface area contributed by atoms with Gasteiger partial charge < -0.3 is 19.2 Å². The summed E-state index contributed by atoms with van der Waals surface area (Å²) in [6, 6.07) is 13.1. The molecule has 2 aromatic heterocycles. The van der Waals surface area contributed by atoms with E-state index in [1.165, 1.54) is 50.8 Å². The van der Waals surface area contributed by atoms with Crippen molar-refractivity contribution in [3.63, 3.8) is 0 Å². The maximum atomic E-state index is 12.9. The van der Waals surface area contributed by atoms with Gasteiger partial charge in [0.05, 0.1) is 12.0 Å². The van der Waals surface area contributed by atoms with Crippen LogP contribution < -0.4 is 5.32 Å². The number of furan rings is 1. The predicted molar refractivity (Wildman–Crippen MR) is 139 cm³/mol. The van der Waals surface area contributed by atoms with E-state index in [2.05, 4.69) is 52.9 Å². The Kier molecular flexibility index (Phi) is 7.37. The first kappa shape index (κ1) is 23.9. The SMILES string of the molecule is Cc1ccc(-c2ncn(C3CCCCC3)c2-c2ccc(C(=O)NCC[C@H](C)N3CCCC3)o2)cc1. The van der Waals surface area contributed by atoms with Gasteiger partial charge in [0.25, 0.3) is 5.91 Å². The van der Waals surface area contributed by atoms with Crippen LogP contribution in [-0.4, -0.2) is 46.0 Å². The lowest BCUT2D eigenvalue weighted by Gasteiger charge is -2.24. The molecule has 3 aromatic rings.